The van der Waals surface area contributed by atoms with Crippen LogP contribution in [-0.2, 0) is 0 Å². The van der Waals surface area contributed by atoms with E-state index in [9.17, 15) is 4.79 Å². The van der Waals surface area contributed by atoms with Crippen molar-refractivity contribution in [1.29, 1.82) is 0 Å². The van der Waals surface area contributed by atoms with Gasteiger partial charge in [-0.05, 0) is 38.8 Å². The lowest BCUT2D eigenvalue weighted by Gasteiger charge is -2.10. The zero-order chi connectivity index (χ0) is 15.1. The molecule has 1 aromatic carbocycles. The molecule has 1 saturated carbocycles. The molecule has 1 amide bonds. The van der Waals surface area contributed by atoms with Crippen LogP contribution in [0.25, 0.3) is 0 Å². The van der Waals surface area contributed by atoms with Crippen LogP contribution < -0.4 is 16.0 Å². The largest absolute Gasteiger partial charge is 0.357 e. The summed E-state index contributed by atoms with van der Waals surface area (Å²) in [6.07, 6.45) is 2.43. The number of nitrogens with one attached hydrogen (secondary N) is 3. The number of aryl methyl sites for hydroxylation is 1. The molecule has 0 saturated heterocycles. The third kappa shape index (κ3) is 5.45. The van der Waals surface area contributed by atoms with E-state index in [1.807, 2.05) is 38.1 Å². The number of benzene rings is 1. The average molecular weight is 288 g/mol. The number of aliphatic imine (C=N–C) groups is 1. The van der Waals surface area contributed by atoms with Crippen molar-refractivity contribution >= 4 is 11.9 Å². The van der Waals surface area contributed by atoms with Gasteiger partial charge in [-0.3, -0.25) is 9.79 Å². The Morgan fingerprint density at radius 2 is 2.14 bits per heavy atom. The normalized spacial score (nSPS) is 14.7. The van der Waals surface area contributed by atoms with Crippen LogP contribution in [0.4, 0.5) is 0 Å². The van der Waals surface area contributed by atoms with E-state index >= 15 is 0 Å². The van der Waals surface area contributed by atoms with Crippen LogP contribution in [0.2, 0.25) is 0 Å². The van der Waals surface area contributed by atoms with Crippen molar-refractivity contribution in [2.24, 2.45) is 4.99 Å². The van der Waals surface area contributed by atoms with Gasteiger partial charge in [0.2, 0.25) is 0 Å². The molecule has 0 unspecified atom stereocenters. The summed E-state index contributed by atoms with van der Waals surface area (Å²) in [6, 6.07) is 8.16. The molecule has 5 nitrogen and oxygen atoms in total. The maximum atomic E-state index is 12.0. The molecule has 1 aromatic rings. The van der Waals surface area contributed by atoms with Gasteiger partial charge in [-0.2, -0.15) is 0 Å². The summed E-state index contributed by atoms with van der Waals surface area (Å²) >= 11 is 0. The molecule has 1 fully saturated rings. The monoisotopic (exact) mass is 288 g/mol. The minimum Gasteiger partial charge on any atom is -0.357 e. The van der Waals surface area contributed by atoms with Crippen molar-refractivity contribution in [2.75, 3.05) is 19.6 Å². The molecule has 1 aliphatic carbocycles. The van der Waals surface area contributed by atoms with Gasteiger partial charge in [0.15, 0.2) is 5.96 Å². The van der Waals surface area contributed by atoms with Gasteiger partial charge in [-0.25, -0.2) is 0 Å². The van der Waals surface area contributed by atoms with Crippen LogP contribution in [0.5, 0.6) is 0 Å². The second-order valence-corrected chi connectivity index (χ2v) is 5.30. The van der Waals surface area contributed by atoms with E-state index in [0.717, 1.165) is 18.1 Å². The molecule has 0 aliphatic heterocycles. The highest BCUT2D eigenvalue weighted by molar-refractivity contribution is 5.94. The molecule has 0 bridgehead atoms. The highest BCUT2D eigenvalue weighted by Crippen LogP contribution is 2.18. The Kier molecular flexibility index (Phi) is 5.60. The molecule has 0 atom stereocenters. The van der Waals surface area contributed by atoms with Crippen LogP contribution in [0.1, 0.15) is 35.7 Å². The minimum absolute atomic E-state index is 0.0472. The summed E-state index contributed by atoms with van der Waals surface area (Å²) in [7, 11) is 0. The van der Waals surface area contributed by atoms with E-state index < -0.39 is 0 Å². The van der Waals surface area contributed by atoms with Gasteiger partial charge in [-0.15, -0.1) is 0 Å². The Hall–Kier alpha value is -2.04. The lowest BCUT2D eigenvalue weighted by atomic mass is 10.1. The SMILES string of the molecule is CCNC(=NCCNC(=O)c1cccc(C)c1)NC1CC1. The molecule has 2 rings (SSSR count). The molecule has 1 aliphatic rings. The Balaban J connectivity index is 1.75. The van der Waals surface area contributed by atoms with Gasteiger partial charge >= 0.3 is 0 Å². The third-order valence-corrected chi connectivity index (χ3v) is 3.21. The van der Waals surface area contributed by atoms with Crippen molar-refractivity contribution < 1.29 is 4.79 Å². The van der Waals surface area contributed by atoms with Crippen molar-refractivity contribution in [3.8, 4) is 0 Å². The molecule has 114 valence electrons. The van der Waals surface area contributed by atoms with Crippen molar-refractivity contribution in [1.82, 2.24) is 16.0 Å². The van der Waals surface area contributed by atoms with E-state index in [4.69, 9.17) is 0 Å². The van der Waals surface area contributed by atoms with E-state index in [2.05, 4.69) is 20.9 Å². The summed E-state index contributed by atoms with van der Waals surface area (Å²) in [4.78, 5) is 16.4. The average Bonchev–Trinajstić information content (AvgIpc) is 3.27. The van der Waals surface area contributed by atoms with Crippen LogP contribution in [0, 0.1) is 6.92 Å². The fraction of sp³-hybridized carbons (Fsp3) is 0.500. The predicted octanol–water partition coefficient (Wildman–Crippen LogP) is 1.44. The molecule has 21 heavy (non-hydrogen) atoms. The smallest absolute Gasteiger partial charge is 0.251 e. The highest BCUT2D eigenvalue weighted by atomic mass is 16.1. The minimum atomic E-state index is -0.0472. The maximum absolute atomic E-state index is 12.0. The first-order valence-corrected chi connectivity index (χ1v) is 7.58. The number of guanidine groups is 1. The first-order valence-electron chi connectivity index (χ1n) is 7.58. The number of nitrogens with zero attached hydrogens (tertiary/aromatic N) is 1. The summed E-state index contributed by atoms with van der Waals surface area (Å²) in [5, 5.41) is 9.44. The number of carbonyl (C=O) groups is 1. The van der Waals surface area contributed by atoms with E-state index in [0.29, 0.717) is 24.7 Å². The van der Waals surface area contributed by atoms with E-state index in [-0.39, 0.29) is 5.91 Å². The third-order valence-electron chi connectivity index (χ3n) is 3.21. The fourth-order valence-electron chi connectivity index (χ4n) is 1.97. The number of hydrogen-bond acceptors (Lipinski definition) is 2. The molecule has 0 heterocycles. The quantitative estimate of drug-likeness (QED) is 0.422. The highest BCUT2D eigenvalue weighted by Gasteiger charge is 2.21. The van der Waals surface area contributed by atoms with Crippen LogP contribution in [0.15, 0.2) is 29.3 Å². The van der Waals surface area contributed by atoms with Crippen LogP contribution in [0.3, 0.4) is 0 Å². The molecule has 0 radical (unpaired) electrons. The summed E-state index contributed by atoms with van der Waals surface area (Å²) in [6.45, 7) is 5.97. The Bertz CT molecular complexity index is 509. The first kappa shape index (κ1) is 15.4. The Morgan fingerprint density at radius 1 is 1.33 bits per heavy atom. The zero-order valence-corrected chi connectivity index (χ0v) is 12.8. The van der Waals surface area contributed by atoms with Gasteiger partial charge in [-0.1, -0.05) is 17.7 Å². The first-order chi connectivity index (χ1) is 10.2. The number of carbonyl (C=O) groups excluding carboxylic acids is 1. The molecular weight excluding hydrogens is 264 g/mol. The van der Waals surface area contributed by atoms with E-state index in [1.165, 1.54) is 12.8 Å². The van der Waals surface area contributed by atoms with Crippen LogP contribution >= 0.6 is 0 Å². The van der Waals surface area contributed by atoms with Gasteiger partial charge in [0.05, 0.1) is 6.54 Å². The van der Waals surface area contributed by atoms with Gasteiger partial charge in [0.1, 0.15) is 0 Å². The second-order valence-electron chi connectivity index (χ2n) is 5.30. The Morgan fingerprint density at radius 3 is 2.81 bits per heavy atom. The molecule has 3 N–H and O–H groups in total. The number of hydrogen-bond donors (Lipinski definition) is 3. The predicted molar refractivity (Wildman–Crippen MR) is 85.6 cm³/mol. The zero-order valence-electron chi connectivity index (χ0n) is 12.8. The van der Waals surface area contributed by atoms with Crippen molar-refractivity contribution in [3.63, 3.8) is 0 Å². The molecular formula is C16H24N4O. The van der Waals surface area contributed by atoms with Crippen molar-refractivity contribution in [3.05, 3.63) is 35.4 Å². The summed E-state index contributed by atoms with van der Waals surface area (Å²) in [5.41, 5.74) is 1.78. The standard InChI is InChI=1S/C16H24N4O/c1-3-17-16(20-14-7-8-14)19-10-9-18-15(21)13-6-4-5-12(2)11-13/h4-6,11,14H,3,7-10H2,1-2H3,(H,18,21)(H2,17,19,20). The van der Waals surface area contributed by atoms with E-state index in [1.54, 1.807) is 0 Å². The number of rotatable bonds is 6. The van der Waals surface area contributed by atoms with Crippen molar-refractivity contribution in [2.45, 2.75) is 32.7 Å². The van der Waals surface area contributed by atoms with Crippen LogP contribution in [-0.4, -0.2) is 37.5 Å². The Labute approximate surface area is 126 Å². The van der Waals surface area contributed by atoms with Gasteiger partial charge in [0, 0.05) is 24.7 Å². The molecule has 5 heteroatoms. The second kappa shape index (κ2) is 7.67. The lowest BCUT2D eigenvalue weighted by molar-refractivity contribution is 0.0954. The topological polar surface area (TPSA) is 65.5 Å². The number of amides is 1. The fourth-order valence-corrected chi connectivity index (χ4v) is 1.97. The molecule has 0 spiro atoms. The maximum Gasteiger partial charge on any atom is 0.251 e. The van der Waals surface area contributed by atoms with Gasteiger partial charge in [0.25, 0.3) is 5.91 Å². The van der Waals surface area contributed by atoms with Gasteiger partial charge < -0.3 is 16.0 Å². The summed E-state index contributed by atoms with van der Waals surface area (Å²) in [5.74, 6) is 0.791. The summed E-state index contributed by atoms with van der Waals surface area (Å²) < 4.78 is 0. The lowest BCUT2D eigenvalue weighted by Crippen LogP contribution is -2.39. The molecule has 0 aromatic heterocycles.